The highest BCUT2D eigenvalue weighted by Gasteiger charge is 2.29. The molecule has 0 saturated carbocycles. The molecule has 0 bridgehead atoms. The Balaban J connectivity index is 1.75. The lowest BCUT2D eigenvalue weighted by molar-refractivity contribution is -0.124. The fraction of sp³-hybridized carbons (Fsp3) is 0.500. The van der Waals surface area contributed by atoms with Gasteiger partial charge in [0.25, 0.3) is 0 Å². The van der Waals surface area contributed by atoms with Crippen LogP contribution in [0.3, 0.4) is 0 Å². The first kappa shape index (κ1) is 17.9. The fourth-order valence-corrected chi connectivity index (χ4v) is 3.98. The summed E-state index contributed by atoms with van der Waals surface area (Å²) < 4.78 is 0. The summed E-state index contributed by atoms with van der Waals surface area (Å²) in [6.07, 6.45) is 5.49. The number of fused-ring (bicyclic) bond motifs is 1. The molecule has 2 aromatic rings. The molecule has 0 spiro atoms. The smallest absolute Gasteiger partial charge is 0.224 e. The highest BCUT2D eigenvalue weighted by atomic mass is 16.1. The third-order valence-corrected chi connectivity index (χ3v) is 5.39. The number of hydrogen-bond donors (Lipinski definition) is 2. The van der Waals surface area contributed by atoms with Crippen molar-refractivity contribution < 1.29 is 4.79 Å². The van der Waals surface area contributed by atoms with Crippen molar-refractivity contribution in [1.29, 1.82) is 0 Å². The van der Waals surface area contributed by atoms with Gasteiger partial charge in [0, 0.05) is 44.9 Å². The molecule has 2 aliphatic heterocycles. The molecular weight excluding hydrogens is 340 g/mol. The lowest BCUT2D eigenvalue weighted by Gasteiger charge is -2.34. The summed E-state index contributed by atoms with van der Waals surface area (Å²) in [4.78, 5) is 28.7. The number of aromatic nitrogens is 3. The molecule has 142 valence electrons. The van der Waals surface area contributed by atoms with E-state index in [-0.39, 0.29) is 11.8 Å². The van der Waals surface area contributed by atoms with Crippen LogP contribution in [0.15, 0.2) is 24.4 Å². The van der Waals surface area contributed by atoms with Crippen molar-refractivity contribution in [2.75, 3.05) is 38.1 Å². The van der Waals surface area contributed by atoms with Crippen molar-refractivity contribution in [3.05, 3.63) is 35.7 Å². The Morgan fingerprint density at radius 3 is 2.96 bits per heavy atom. The Morgan fingerprint density at radius 2 is 2.15 bits per heavy atom. The van der Waals surface area contributed by atoms with Gasteiger partial charge in [0.15, 0.2) is 5.82 Å². The first-order chi connectivity index (χ1) is 13.3. The monoisotopic (exact) mass is 366 g/mol. The van der Waals surface area contributed by atoms with Crippen molar-refractivity contribution in [3.63, 3.8) is 0 Å². The first-order valence-electron chi connectivity index (χ1n) is 9.74. The van der Waals surface area contributed by atoms with Crippen LogP contribution >= 0.6 is 0 Å². The molecule has 1 amide bonds. The second-order valence-corrected chi connectivity index (χ2v) is 7.16. The van der Waals surface area contributed by atoms with Gasteiger partial charge in [-0.15, -0.1) is 0 Å². The number of carbonyl (C=O) groups excluding carboxylic acids is 1. The van der Waals surface area contributed by atoms with Crippen LogP contribution < -0.4 is 15.5 Å². The van der Waals surface area contributed by atoms with E-state index in [1.54, 1.807) is 13.2 Å². The number of nitrogens with one attached hydrogen (secondary N) is 2. The second-order valence-electron chi connectivity index (χ2n) is 7.16. The van der Waals surface area contributed by atoms with E-state index >= 15 is 0 Å². The van der Waals surface area contributed by atoms with E-state index in [2.05, 4.69) is 20.5 Å². The third-order valence-electron chi connectivity index (χ3n) is 5.39. The van der Waals surface area contributed by atoms with Crippen LogP contribution in [0.1, 0.15) is 24.1 Å². The molecule has 1 saturated heterocycles. The Labute approximate surface area is 159 Å². The van der Waals surface area contributed by atoms with Gasteiger partial charge in [-0.2, -0.15) is 0 Å². The predicted octanol–water partition coefficient (Wildman–Crippen LogP) is 1.19. The highest BCUT2D eigenvalue weighted by Crippen LogP contribution is 2.30. The molecule has 7 nitrogen and oxygen atoms in total. The van der Waals surface area contributed by atoms with Crippen LogP contribution in [0.2, 0.25) is 0 Å². The maximum atomic E-state index is 12.2. The molecule has 2 N–H and O–H groups in total. The topological polar surface area (TPSA) is 83.0 Å². The number of rotatable bonds is 3. The summed E-state index contributed by atoms with van der Waals surface area (Å²) in [5, 5.41) is 6.25. The molecule has 7 heteroatoms. The van der Waals surface area contributed by atoms with Gasteiger partial charge in [-0.3, -0.25) is 9.78 Å². The maximum Gasteiger partial charge on any atom is 0.224 e. The SMILES string of the molecule is CNC(=O)C1CCCN(c2nc(-c3ccccn3)nc3c2CCNCC3)C1. The van der Waals surface area contributed by atoms with E-state index < -0.39 is 0 Å². The summed E-state index contributed by atoms with van der Waals surface area (Å²) in [6.45, 7) is 3.48. The third kappa shape index (κ3) is 3.78. The summed E-state index contributed by atoms with van der Waals surface area (Å²) in [6, 6.07) is 5.81. The standard InChI is InChI=1S/C20H26N6O/c1-21-20(27)14-5-4-12-26(13-14)19-15-7-10-22-11-8-16(15)24-18(25-19)17-6-2-3-9-23-17/h2-3,6,9,14,22H,4-5,7-8,10-13H2,1H3,(H,21,27). The van der Waals surface area contributed by atoms with Crippen LogP contribution in [0.25, 0.3) is 11.5 Å². The normalized spacial score (nSPS) is 19.9. The maximum absolute atomic E-state index is 12.2. The van der Waals surface area contributed by atoms with Gasteiger partial charge < -0.3 is 15.5 Å². The number of carbonyl (C=O) groups is 1. The van der Waals surface area contributed by atoms with Gasteiger partial charge in [-0.1, -0.05) is 6.07 Å². The van der Waals surface area contributed by atoms with Gasteiger partial charge in [0.2, 0.25) is 5.91 Å². The van der Waals surface area contributed by atoms with Crippen LogP contribution in [0, 0.1) is 5.92 Å². The van der Waals surface area contributed by atoms with E-state index in [9.17, 15) is 4.79 Å². The van der Waals surface area contributed by atoms with Crippen molar-refractivity contribution in [2.45, 2.75) is 25.7 Å². The van der Waals surface area contributed by atoms with E-state index in [4.69, 9.17) is 9.97 Å². The minimum atomic E-state index is 0.0107. The average molecular weight is 366 g/mol. The molecule has 1 unspecified atom stereocenters. The number of nitrogens with zero attached hydrogens (tertiary/aromatic N) is 4. The van der Waals surface area contributed by atoms with Crippen molar-refractivity contribution in [1.82, 2.24) is 25.6 Å². The number of anilines is 1. The quantitative estimate of drug-likeness (QED) is 0.849. The molecule has 1 atom stereocenters. The van der Waals surface area contributed by atoms with E-state index in [0.717, 1.165) is 62.5 Å². The molecular formula is C20H26N6O. The molecule has 4 rings (SSSR count). The van der Waals surface area contributed by atoms with Crippen molar-refractivity contribution in [3.8, 4) is 11.5 Å². The summed E-state index contributed by atoms with van der Waals surface area (Å²) in [5.41, 5.74) is 3.11. The number of hydrogen-bond acceptors (Lipinski definition) is 6. The number of pyridine rings is 1. The highest BCUT2D eigenvalue weighted by molar-refractivity contribution is 5.79. The number of piperidine rings is 1. The molecule has 0 aliphatic carbocycles. The fourth-order valence-electron chi connectivity index (χ4n) is 3.98. The predicted molar refractivity (Wildman–Crippen MR) is 105 cm³/mol. The van der Waals surface area contributed by atoms with Gasteiger partial charge in [0.1, 0.15) is 11.5 Å². The van der Waals surface area contributed by atoms with Gasteiger partial charge in [-0.05, 0) is 37.9 Å². The van der Waals surface area contributed by atoms with Gasteiger partial charge in [-0.25, -0.2) is 9.97 Å². The Hall–Kier alpha value is -2.54. The molecule has 0 aromatic carbocycles. The van der Waals surface area contributed by atoms with Crippen molar-refractivity contribution in [2.24, 2.45) is 5.92 Å². The summed E-state index contributed by atoms with van der Waals surface area (Å²) in [7, 11) is 1.71. The lowest BCUT2D eigenvalue weighted by Crippen LogP contribution is -2.43. The average Bonchev–Trinajstić information content (AvgIpc) is 2.98. The molecule has 0 radical (unpaired) electrons. The molecule has 2 aromatic heterocycles. The van der Waals surface area contributed by atoms with Crippen LogP contribution in [-0.4, -0.2) is 54.1 Å². The number of amides is 1. The van der Waals surface area contributed by atoms with Crippen LogP contribution in [0.4, 0.5) is 5.82 Å². The van der Waals surface area contributed by atoms with Crippen LogP contribution in [-0.2, 0) is 17.6 Å². The van der Waals surface area contributed by atoms with Crippen molar-refractivity contribution >= 4 is 11.7 Å². The largest absolute Gasteiger partial charge is 0.359 e. The summed E-state index contributed by atoms with van der Waals surface area (Å²) >= 11 is 0. The summed E-state index contributed by atoms with van der Waals surface area (Å²) in [5.74, 6) is 1.79. The second kappa shape index (κ2) is 8.00. The van der Waals surface area contributed by atoms with Crippen LogP contribution in [0.5, 0.6) is 0 Å². The zero-order chi connectivity index (χ0) is 18.6. The minimum Gasteiger partial charge on any atom is -0.359 e. The molecule has 27 heavy (non-hydrogen) atoms. The zero-order valence-electron chi connectivity index (χ0n) is 15.7. The van der Waals surface area contributed by atoms with E-state index in [1.165, 1.54) is 5.56 Å². The van der Waals surface area contributed by atoms with E-state index in [0.29, 0.717) is 12.4 Å². The Bertz CT molecular complexity index is 810. The Morgan fingerprint density at radius 1 is 1.26 bits per heavy atom. The molecule has 1 fully saturated rings. The zero-order valence-corrected chi connectivity index (χ0v) is 15.7. The first-order valence-corrected chi connectivity index (χ1v) is 9.74. The minimum absolute atomic E-state index is 0.0107. The van der Waals surface area contributed by atoms with E-state index in [1.807, 2.05) is 18.2 Å². The Kier molecular flexibility index (Phi) is 5.29. The molecule has 4 heterocycles. The lowest BCUT2D eigenvalue weighted by atomic mass is 9.96. The molecule has 2 aliphatic rings. The van der Waals surface area contributed by atoms with Gasteiger partial charge >= 0.3 is 0 Å². The van der Waals surface area contributed by atoms with Gasteiger partial charge in [0.05, 0.1) is 11.6 Å².